The monoisotopic (exact) mass is 397 g/mol. The lowest BCUT2D eigenvalue weighted by Gasteiger charge is -2.03. The van der Waals surface area contributed by atoms with E-state index in [1.807, 2.05) is 54.7 Å². The standard InChI is InChI=1S/C21H12ClN7/c22-18-11-23-19-8-7-16(28-29(18)19)13-9-24-20-14(13)10-25-21(27-20)17-6-5-12-3-1-2-4-15(12)26-17/h1-11H,(H,24,25,27). The highest BCUT2D eigenvalue weighted by molar-refractivity contribution is 6.29. The van der Waals surface area contributed by atoms with Gasteiger partial charge in [-0.2, -0.15) is 5.10 Å². The van der Waals surface area contributed by atoms with Crippen LogP contribution in [0.1, 0.15) is 0 Å². The number of aromatic nitrogens is 7. The first kappa shape index (κ1) is 16.1. The predicted octanol–water partition coefficient (Wildman–Crippen LogP) is 4.54. The van der Waals surface area contributed by atoms with Gasteiger partial charge in [-0.3, -0.25) is 0 Å². The molecule has 5 heterocycles. The zero-order chi connectivity index (χ0) is 19.4. The van der Waals surface area contributed by atoms with Crippen LogP contribution in [-0.4, -0.2) is 34.5 Å². The first-order valence-electron chi connectivity index (χ1n) is 8.97. The van der Waals surface area contributed by atoms with Crippen LogP contribution in [-0.2, 0) is 0 Å². The Bertz CT molecular complexity index is 1530. The van der Waals surface area contributed by atoms with Crippen molar-refractivity contribution >= 4 is 39.2 Å². The number of rotatable bonds is 2. The summed E-state index contributed by atoms with van der Waals surface area (Å²) >= 11 is 6.15. The average molecular weight is 398 g/mol. The maximum Gasteiger partial charge on any atom is 0.180 e. The molecule has 6 aromatic rings. The molecule has 0 saturated carbocycles. The van der Waals surface area contributed by atoms with Crippen LogP contribution in [0.3, 0.4) is 0 Å². The van der Waals surface area contributed by atoms with E-state index in [4.69, 9.17) is 11.6 Å². The molecule has 0 aliphatic carbocycles. The van der Waals surface area contributed by atoms with E-state index in [0.29, 0.717) is 16.6 Å². The number of imidazole rings is 1. The second kappa shape index (κ2) is 6.08. The van der Waals surface area contributed by atoms with Crippen molar-refractivity contribution in [3.63, 3.8) is 0 Å². The first-order valence-corrected chi connectivity index (χ1v) is 9.35. The maximum absolute atomic E-state index is 6.15. The summed E-state index contributed by atoms with van der Waals surface area (Å²) in [5.74, 6) is 0.567. The van der Waals surface area contributed by atoms with E-state index in [2.05, 4.69) is 30.0 Å². The van der Waals surface area contributed by atoms with Crippen LogP contribution in [0, 0.1) is 0 Å². The minimum atomic E-state index is 0.461. The molecule has 0 amide bonds. The number of nitrogens with zero attached hydrogens (tertiary/aromatic N) is 6. The summed E-state index contributed by atoms with van der Waals surface area (Å²) in [5, 5.41) is 6.99. The van der Waals surface area contributed by atoms with E-state index in [9.17, 15) is 0 Å². The number of nitrogens with one attached hydrogen (secondary N) is 1. The Kier molecular flexibility index (Phi) is 3.39. The topological polar surface area (TPSA) is 84.6 Å². The molecule has 0 spiro atoms. The molecule has 1 aromatic carbocycles. The molecule has 0 radical (unpaired) electrons. The van der Waals surface area contributed by atoms with Crippen LogP contribution in [0.2, 0.25) is 5.15 Å². The minimum Gasteiger partial charge on any atom is -0.345 e. The molecule has 0 fully saturated rings. The van der Waals surface area contributed by atoms with E-state index < -0.39 is 0 Å². The Hall–Kier alpha value is -3.84. The predicted molar refractivity (Wildman–Crippen MR) is 112 cm³/mol. The van der Waals surface area contributed by atoms with Gasteiger partial charge in [0, 0.05) is 28.7 Å². The maximum atomic E-state index is 6.15. The summed E-state index contributed by atoms with van der Waals surface area (Å²) in [4.78, 5) is 21.3. The number of halogens is 1. The van der Waals surface area contributed by atoms with Crippen LogP contribution in [0.5, 0.6) is 0 Å². The van der Waals surface area contributed by atoms with Gasteiger partial charge in [0.25, 0.3) is 0 Å². The molecule has 29 heavy (non-hydrogen) atoms. The molecular formula is C21H12ClN7. The van der Waals surface area contributed by atoms with Crippen LogP contribution < -0.4 is 0 Å². The Labute approximate surface area is 169 Å². The number of hydrogen-bond acceptors (Lipinski definition) is 5. The summed E-state index contributed by atoms with van der Waals surface area (Å²) in [6.45, 7) is 0. The van der Waals surface area contributed by atoms with Crippen molar-refractivity contribution < 1.29 is 0 Å². The molecule has 0 bridgehead atoms. The third-order valence-electron chi connectivity index (χ3n) is 4.86. The number of pyridine rings is 1. The number of benzene rings is 1. The normalized spacial score (nSPS) is 11.6. The highest BCUT2D eigenvalue weighted by Gasteiger charge is 2.13. The number of para-hydroxylation sites is 1. The zero-order valence-electron chi connectivity index (χ0n) is 14.9. The van der Waals surface area contributed by atoms with E-state index in [1.54, 1.807) is 16.9 Å². The summed E-state index contributed by atoms with van der Waals surface area (Å²) in [6, 6.07) is 15.7. The Balaban J connectivity index is 1.46. The second-order valence-electron chi connectivity index (χ2n) is 6.62. The summed E-state index contributed by atoms with van der Waals surface area (Å²) < 4.78 is 1.60. The molecule has 0 saturated heterocycles. The Morgan fingerprint density at radius 2 is 1.76 bits per heavy atom. The molecule has 0 atom stereocenters. The SMILES string of the molecule is Clc1cnc2ccc(-c3c[nH]c4nc(-c5ccc6ccccc6n5)ncc34)nn12. The quantitative estimate of drug-likeness (QED) is 0.463. The number of H-pyrrole nitrogens is 1. The third kappa shape index (κ3) is 2.55. The van der Waals surface area contributed by atoms with Crippen LogP contribution in [0.4, 0.5) is 0 Å². The number of aromatic amines is 1. The summed E-state index contributed by atoms with van der Waals surface area (Å²) in [7, 11) is 0. The molecule has 7 nitrogen and oxygen atoms in total. The van der Waals surface area contributed by atoms with E-state index in [0.717, 1.165) is 38.9 Å². The van der Waals surface area contributed by atoms with Crippen LogP contribution >= 0.6 is 11.6 Å². The fourth-order valence-electron chi connectivity index (χ4n) is 3.42. The molecule has 5 aromatic heterocycles. The number of hydrogen-bond donors (Lipinski definition) is 1. The molecule has 0 aliphatic heterocycles. The van der Waals surface area contributed by atoms with E-state index in [-0.39, 0.29) is 0 Å². The van der Waals surface area contributed by atoms with Gasteiger partial charge in [0.05, 0.1) is 17.4 Å². The van der Waals surface area contributed by atoms with Gasteiger partial charge in [0.1, 0.15) is 11.3 Å². The van der Waals surface area contributed by atoms with Gasteiger partial charge in [-0.05, 0) is 24.3 Å². The zero-order valence-corrected chi connectivity index (χ0v) is 15.7. The van der Waals surface area contributed by atoms with Gasteiger partial charge in [0.2, 0.25) is 0 Å². The lowest BCUT2D eigenvalue weighted by atomic mass is 10.1. The van der Waals surface area contributed by atoms with Gasteiger partial charge in [-0.25, -0.2) is 24.5 Å². The highest BCUT2D eigenvalue weighted by atomic mass is 35.5. The second-order valence-corrected chi connectivity index (χ2v) is 7.00. The molecule has 6 rings (SSSR count). The van der Waals surface area contributed by atoms with E-state index in [1.165, 1.54) is 0 Å². The first-order chi connectivity index (χ1) is 14.3. The number of fused-ring (bicyclic) bond motifs is 3. The average Bonchev–Trinajstić information content (AvgIpc) is 3.36. The van der Waals surface area contributed by atoms with Crippen LogP contribution in [0.15, 0.2) is 67.1 Å². The van der Waals surface area contributed by atoms with Crippen molar-refractivity contribution in [3.05, 3.63) is 72.3 Å². The van der Waals surface area contributed by atoms with Gasteiger partial charge >= 0.3 is 0 Å². The molecule has 0 unspecified atom stereocenters. The lowest BCUT2D eigenvalue weighted by molar-refractivity contribution is 0.944. The minimum absolute atomic E-state index is 0.461. The van der Waals surface area contributed by atoms with Gasteiger partial charge in [-0.15, -0.1) is 0 Å². The van der Waals surface area contributed by atoms with Gasteiger partial charge in [0.15, 0.2) is 16.6 Å². The third-order valence-corrected chi connectivity index (χ3v) is 5.11. The molecule has 138 valence electrons. The lowest BCUT2D eigenvalue weighted by Crippen LogP contribution is -1.95. The van der Waals surface area contributed by atoms with Crippen molar-refractivity contribution in [2.45, 2.75) is 0 Å². The molecule has 8 heteroatoms. The Morgan fingerprint density at radius 1 is 0.862 bits per heavy atom. The van der Waals surface area contributed by atoms with Crippen molar-refractivity contribution in [1.29, 1.82) is 0 Å². The van der Waals surface area contributed by atoms with Crippen LogP contribution in [0.25, 0.3) is 50.4 Å². The van der Waals surface area contributed by atoms with Gasteiger partial charge < -0.3 is 4.98 Å². The fourth-order valence-corrected chi connectivity index (χ4v) is 3.60. The van der Waals surface area contributed by atoms with Gasteiger partial charge in [-0.1, -0.05) is 35.9 Å². The highest BCUT2D eigenvalue weighted by Crippen LogP contribution is 2.28. The van der Waals surface area contributed by atoms with Crippen molar-refractivity contribution in [1.82, 2.24) is 34.5 Å². The smallest absolute Gasteiger partial charge is 0.180 e. The fraction of sp³-hybridized carbons (Fsp3) is 0. The summed E-state index contributed by atoms with van der Waals surface area (Å²) in [6.07, 6.45) is 5.24. The van der Waals surface area contributed by atoms with Crippen molar-refractivity contribution in [2.24, 2.45) is 0 Å². The largest absolute Gasteiger partial charge is 0.345 e. The molecule has 1 N–H and O–H groups in total. The Morgan fingerprint density at radius 3 is 2.72 bits per heavy atom. The van der Waals surface area contributed by atoms with Crippen molar-refractivity contribution in [3.8, 4) is 22.8 Å². The molecular weight excluding hydrogens is 386 g/mol. The molecule has 0 aliphatic rings. The van der Waals surface area contributed by atoms with Crippen molar-refractivity contribution in [2.75, 3.05) is 0 Å². The summed E-state index contributed by atoms with van der Waals surface area (Å²) in [5.41, 5.74) is 4.70. The van der Waals surface area contributed by atoms with E-state index >= 15 is 0 Å².